The van der Waals surface area contributed by atoms with Crippen molar-refractivity contribution in [3.63, 3.8) is 0 Å². The van der Waals surface area contributed by atoms with Gasteiger partial charge < -0.3 is 10.5 Å². The van der Waals surface area contributed by atoms with E-state index in [0.29, 0.717) is 6.42 Å². The Balaban J connectivity index is 0.000000280. The van der Waals surface area contributed by atoms with Gasteiger partial charge in [-0.3, -0.25) is 0 Å². The Morgan fingerprint density at radius 2 is 1.00 bits per heavy atom. The summed E-state index contributed by atoms with van der Waals surface area (Å²) in [7, 11) is 0. The largest absolute Gasteiger partial charge is 0.330 e. The van der Waals surface area contributed by atoms with E-state index in [1.54, 1.807) is 0 Å². The number of hydrogen-bond acceptors (Lipinski definition) is 2. The number of nitrogens with two attached hydrogens (primary N) is 1. The third-order valence-corrected chi connectivity index (χ3v) is 7.09. The molecule has 214 valence electrons. The maximum absolute atomic E-state index is 10.4. The highest BCUT2D eigenvalue weighted by Gasteiger charge is 2.00. The lowest BCUT2D eigenvalue weighted by molar-refractivity contribution is -0.107. The average Bonchev–Trinajstić information content (AvgIpc) is 2.95. The molecule has 0 spiro atoms. The minimum atomic E-state index is 0. The molecule has 0 heterocycles. The van der Waals surface area contributed by atoms with Gasteiger partial charge in [-0.2, -0.15) is 0 Å². The Labute approximate surface area is 253 Å². The molecule has 0 amide bonds. The van der Waals surface area contributed by atoms with Crippen molar-refractivity contribution in [2.45, 2.75) is 53.4 Å². The van der Waals surface area contributed by atoms with Crippen molar-refractivity contribution < 1.29 is 4.79 Å². The first-order valence-electron chi connectivity index (χ1n) is 14.2. The van der Waals surface area contributed by atoms with Crippen LogP contribution in [-0.4, -0.2) is 12.8 Å². The second-order valence-electron chi connectivity index (χ2n) is 10.4. The number of carbonyl (C=O) groups is 1. The van der Waals surface area contributed by atoms with Crippen LogP contribution in [0.2, 0.25) is 0 Å². The summed E-state index contributed by atoms with van der Waals surface area (Å²) in [4.78, 5) is 10.4. The van der Waals surface area contributed by atoms with Crippen LogP contribution in [0.5, 0.6) is 0 Å². The molecule has 4 aromatic carbocycles. The number of aldehydes is 1. The summed E-state index contributed by atoms with van der Waals surface area (Å²) in [5.41, 5.74) is 18.4. The molecular formula is C38H44ClNO. The zero-order valence-corrected chi connectivity index (χ0v) is 25.7. The highest BCUT2D eigenvalue weighted by Crippen LogP contribution is 2.19. The first-order valence-corrected chi connectivity index (χ1v) is 14.2. The van der Waals surface area contributed by atoms with Gasteiger partial charge in [-0.1, -0.05) is 109 Å². The van der Waals surface area contributed by atoms with E-state index >= 15 is 0 Å². The molecule has 0 saturated carbocycles. The number of halogens is 1. The molecule has 0 aromatic heterocycles. The lowest BCUT2D eigenvalue weighted by atomic mass is 10.0. The summed E-state index contributed by atoms with van der Waals surface area (Å²) in [5.74, 6) is 0. The van der Waals surface area contributed by atoms with Crippen molar-refractivity contribution in [2.24, 2.45) is 5.73 Å². The molecule has 0 unspecified atom stereocenters. The van der Waals surface area contributed by atoms with Crippen LogP contribution >= 0.6 is 12.4 Å². The van der Waals surface area contributed by atoms with E-state index in [9.17, 15) is 4.79 Å². The fraction of sp³-hybridized carbons (Fsp3) is 0.237. The summed E-state index contributed by atoms with van der Waals surface area (Å²) < 4.78 is 0. The van der Waals surface area contributed by atoms with Crippen LogP contribution in [0.4, 0.5) is 0 Å². The van der Waals surface area contributed by atoms with Crippen LogP contribution < -0.4 is 5.73 Å². The van der Waals surface area contributed by atoms with Gasteiger partial charge in [0.2, 0.25) is 0 Å². The molecule has 0 aliphatic heterocycles. The van der Waals surface area contributed by atoms with E-state index in [4.69, 9.17) is 5.73 Å². The van der Waals surface area contributed by atoms with Gasteiger partial charge in [-0.15, -0.1) is 12.4 Å². The quantitative estimate of drug-likeness (QED) is 0.154. The summed E-state index contributed by atoms with van der Waals surface area (Å²) in [6.45, 7) is 9.33. The Morgan fingerprint density at radius 3 is 1.41 bits per heavy atom. The van der Waals surface area contributed by atoms with Crippen molar-refractivity contribution in [3.05, 3.63) is 141 Å². The smallest absolute Gasteiger partial charge is 0.120 e. The Kier molecular flexibility index (Phi) is 14.6. The molecule has 41 heavy (non-hydrogen) atoms. The summed E-state index contributed by atoms with van der Waals surface area (Å²) in [6, 6.07) is 29.8. The van der Waals surface area contributed by atoms with Gasteiger partial charge in [-0.05, 0) is 109 Å². The van der Waals surface area contributed by atoms with E-state index in [0.717, 1.165) is 32.1 Å². The zero-order chi connectivity index (χ0) is 28.7. The van der Waals surface area contributed by atoms with Crippen molar-refractivity contribution in [1.82, 2.24) is 0 Å². The second-order valence-corrected chi connectivity index (χ2v) is 10.4. The van der Waals surface area contributed by atoms with Gasteiger partial charge in [0.15, 0.2) is 0 Å². The fourth-order valence-corrected chi connectivity index (χ4v) is 4.78. The minimum Gasteiger partial charge on any atom is -0.330 e. The molecule has 0 bridgehead atoms. The molecule has 0 radical (unpaired) electrons. The third kappa shape index (κ3) is 11.0. The van der Waals surface area contributed by atoms with Gasteiger partial charge in [0, 0.05) is 6.42 Å². The number of benzene rings is 4. The third-order valence-electron chi connectivity index (χ3n) is 7.09. The van der Waals surface area contributed by atoms with Crippen LogP contribution in [0.1, 0.15) is 68.5 Å². The maximum Gasteiger partial charge on any atom is 0.120 e. The van der Waals surface area contributed by atoms with Crippen LogP contribution in [-0.2, 0) is 17.6 Å². The fourth-order valence-electron chi connectivity index (χ4n) is 4.78. The molecule has 2 N–H and O–H groups in total. The molecular weight excluding hydrogens is 522 g/mol. The van der Waals surface area contributed by atoms with Gasteiger partial charge in [0.05, 0.1) is 0 Å². The Hall–Kier alpha value is -3.72. The first-order chi connectivity index (χ1) is 19.4. The molecule has 2 nitrogen and oxygen atoms in total. The first kappa shape index (κ1) is 33.5. The molecule has 3 heteroatoms. The zero-order valence-electron chi connectivity index (χ0n) is 24.9. The predicted molar refractivity (Wildman–Crippen MR) is 182 cm³/mol. The van der Waals surface area contributed by atoms with Gasteiger partial charge >= 0.3 is 0 Å². The highest BCUT2D eigenvalue weighted by molar-refractivity contribution is 5.85. The van der Waals surface area contributed by atoms with Crippen molar-refractivity contribution >= 4 is 43.0 Å². The summed E-state index contributed by atoms with van der Waals surface area (Å²) >= 11 is 0. The molecule has 0 fully saturated rings. The molecule has 4 rings (SSSR count). The minimum absolute atomic E-state index is 0. The predicted octanol–water partition coefficient (Wildman–Crippen LogP) is 9.39. The van der Waals surface area contributed by atoms with E-state index in [1.807, 2.05) is 6.07 Å². The van der Waals surface area contributed by atoms with E-state index in [2.05, 4.69) is 131 Å². The maximum atomic E-state index is 10.4. The Morgan fingerprint density at radius 1 is 0.585 bits per heavy atom. The molecule has 0 saturated heterocycles. The Bertz CT molecular complexity index is 1410. The highest BCUT2D eigenvalue weighted by atomic mass is 35.5. The molecule has 0 aliphatic rings. The summed E-state index contributed by atoms with van der Waals surface area (Å²) in [5, 5.41) is 0. The SMILES string of the molecule is Cc1cccc(C)c1/C=C/c1cccc(CCC=O)c1.Cc1cccc(C)c1/C=C/c1cccc(CCCN)c1.Cl. The van der Waals surface area contributed by atoms with E-state index in [1.165, 1.54) is 55.6 Å². The second kappa shape index (κ2) is 17.9. The van der Waals surface area contributed by atoms with Crippen LogP contribution in [0.15, 0.2) is 84.9 Å². The monoisotopic (exact) mass is 565 g/mol. The van der Waals surface area contributed by atoms with E-state index in [-0.39, 0.29) is 12.4 Å². The average molecular weight is 566 g/mol. The van der Waals surface area contributed by atoms with Crippen LogP contribution in [0.3, 0.4) is 0 Å². The van der Waals surface area contributed by atoms with E-state index < -0.39 is 0 Å². The normalized spacial score (nSPS) is 10.8. The van der Waals surface area contributed by atoms with Gasteiger partial charge in [0.1, 0.15) is 6.29 Å². The number of carbonyl (C=O) groups excluding carboxylic acids is 1. The van der Waals surface area contributed by atoms with Gasteiger partial charge in [-0.25, -0.2) is 0 Å². The van der Waals surface area contributed by atoms with Crippen LogP contribution in [0.25, 0.3) is 24.3 Å². The summed E-state index contributed by atoms with van der Waals surface area (Å²) in [6.07, 6.45) is 13.2. The van der Waals surface area contributed by atoms with Gasteiger partial charge in [0.25, 0.3) is 0 Å². The van der Waals surface area contributed by atoms with Crippen molar-refractivity contribution in [2.75, 3.05) is 6.54 Å². The lowest BCUT2D eigenvalue weighted by Gasteiger charge is -2.05. The van der Waals surface area contributed by atoms with Crippen LogP contribution in [0, 0.1) is 27.7 Å². The number of hydrogen-bond donors (Lipinski definition) is 1. The number of rotatable bonds is 10. The molecule has 0 aliphatic carbocycles. The molecule has 0 atom stereocenters. The molecule has 4 aromatic rings. The number of aryl methyl sites for hydroxylation is 6. The topological polar surface area (TPSA) is 43.1 Å². The van der Waals surface area contributed by atoms with Crippen molar-refractivity contribution in [3.8, 4) is 0 Å². The van der Waals surface area contributed by atoms with Crippen molar-refractivity contribution in [1.29, 1.82) is 0 Å². The lowest BCUT2D eigenvalue weighted by Crippen LogP contribution is -2.00. The standard InChI is InChI=1S/C19H23N.C19H20O.ClH/c2*1-15-6-3-7-16(2)19(15)12-11-18-9-4-8-17(14-18)10-5-13-20;/h3-4,6-9,11-12,14H,5,10,13,20H2,1-2H3;3-4,6-9,11-14H,5,10H2,1-2H3;1H/b2*12-11+;.